The fourth-order valence-electron chi connectivity index (χ4n) is 2.79. The van der Waals surface area contributed by atoms with Crippen LogP contribution in [0.4, 0.5) is 0 Å². The number of nitrogens with one attached hydrogen (secondary N) is 1. The second-order valence-corrected chi connectivity index (χ2v) is 6.66. The van der Waals surface area contributed by atoms with Crippen LogP contribution in [0.1, 0.15) is 40.0 Å². The number of ether oxygens (including phenoxy) is 1. The van der Waals surface area contributed by atoms with Crippen molar-refractivity contribution in [3.63, 3.8) is 0 Å². The van der Waals surface area contributed by atoms with Crippen LogP contribution in [0.5, 0.6) is 0 Å². The molecule has 0 spiro atoms. The van der Waals surface area contributed by atoms with Crippen molar-refractivity contribution >= 4 is 16.9 Å². The van der Waals surface area contributed by atoms with Gasteiger partial charge in [-0.15, -0.1) is 0 Å². The average molecular weight is 270 g/mol. The van der Waals surface area contributed by atoms with E-state index in [9.17, 15) is 0 Å². The maximum Gasteiger partial charge on any atom is 0.157 e. The van der Waals surface area contributed by atoms with Crippen LogP contribution in [0, 0.1) is 11.8 Å². The molecular formula is C14H26N2OS. The highest BCUT2D eigenvalue weighted by molar-refractivity contribution is 8.14. The summed E-state index contributed by atoms with van der Waals surface area (Å²) >= 11 is 1.95. The van der Waals surface area contributed by atoms with Gasteiger partial charge < -0.3 is 10.1 Å². The maximum atomic E-state index is 5.45. The smallest absolute Gasteiger partial charge is 0.157 e. The number of rotatable bonds is 5. The molecule has 0 amide bonds. The summed E-state index contributed by atoms with van der Waals surface area (Å²) in [6, 6.07) is 0.485. The van der Waals surface area contributed by atoms with Crippen LogP contribution in [0.2, 0.25) is 0 Å². The molecule has 104 valence electrons. The maximum absolute atomic E-state index is 5.45. The molecule has 2 heterocycles. The van der Waals surface area contributed by atoms with Crippen molar-refractivity contribution in [2.75, 3.05) is 19.8 Å². The average Bonchev–Trinajstić information content (AvgIpc) is 3.01. The highest BCUT2D eigenvalue weighted by Crippen LogP contribution is 2.30. The van der Waals surface area contributed by atoms with Crippen LogP contribution >= 0.6 is 11.8 Å². The Balaban J connectivity index is 1.78. The summed E-state index contributed by atoms with van der Waals surface area (Å²) in [4.78, 5) is 4.67. The van der Waals surface area contributed by atoms with Gasteiger partial charge in [0, 0.05) is 23.8 Å². The van der Waals surface area contributed by atoms with Gasteiger partial charge in [-0.05, 0) is 19.3 Å². The van der Waals surface area contributed by atoms with E-state index in [-0.39, 0.29) is 0 Å². The van der Waals surface area contributed by atoms with E-state index in [0.29, 0.717) is 17.2 Å². The first kappa shape index (κ1) is 14.2. The van der Waals surface area contributed by atoms with Gasteiger partial charge in [-0.25, -0.2) is 0 Å². The first-order valence-corrected chi connectivity index (χ1v) is 8.17. The van der Waals surface area contributed by atoms with E-state index in [4.69, 9.17) is 4.74 Å². The zero-order valence-electron chi connectivity index (χ0n) is 11.8. The Bertz CT molecular complexity index is 286. The molecule has 4 heteroatoms. The summed E-state index contributed by atoms with van der Waals surface area (Å²) < 4.78 is 5.45. The van der Waals surface area contributed by atoms with Gasteiger partial charge in [-0.2, -0.15) is 0 Å². The zero-order valence-corrected chi connectivity index (χ0v) is 12.6. The van der Waals surface area contributed by atoms with E-state index in [0.717, 1.165) is 30.8 Å². The van der Waals surface area contributed by atoms with E-state index in [2.05, 4.69) is 31.1 Å². The molecule has 0 saturated carbocycles. The minimum atomic E-state index is 0.485. The molecule has 18 heavy (non-hydrogen) atoms. The summed E-state index contributed by atoms with van der Waals surface area (Å²) in [7, 11) is 0. The van der Waals surface area contributed by atoms with Crippen LogP contribution in [-0.2, 0) is 4.74 Å². The van der Waals surface area contributed by atoms with Gasteiger partial charge >= 0.3 is 0 Å². The third-order valence-corrected chi connectivity index (χ3v) is 5.58. The second kappa shape index (κ2) is 6.80. The largest absolute Gasteiger partial charge is 0.381 e. The van der Waals surface area contributed by atoms with Gasteiger partial charge in [0.25, 0.3) is 0 Å². The second-order valence-electron chi connectivity index (χ2n) is 5.44. The molecule has 0 aliphatic carbocycles. The minimum absolute atomic E-state index is 0.485. The molecule has 2 aliphatic heterocycles. The van der Waals surface area contributed by atoms with Gasteiger partial charge in [0.1, 0.15) is 0 Å². The molecule has 1 fully saturated rings. The quantitative estimate of drug-likeness (QED) is 0.834. The van der Waals surface area contributed by atoms with Gasteiger partial charge in [-0.1, -0.05) is 38.5 Å². The number of aliphatic imine (C=N–C) groups is 1. The van der Waals surface area contributed by atoms with Crippen LogP contribution in [0.3, 0.4) is 0 Å². The molecule has 3 unspecified atom stereocenters. The standard InChI is InChI=1S/C14H26N2OS/c1-4-11(5-2)13-8-15-14(18-13)16-10(3)12-6-7-17-9-12/h10-13H,4-9H2,1-3H3,(H,15,16). The normalized spacial score (nSPS) is 29.7. The number of amidine groups is 1. The van der Waals surface area contributed by atoms with Crippen molar-refractivity contribution in [1.82, 2.24) is 5.32 Å². The van der Waals surface area contributed by atoms with E-state index in [1.807, 2.05) is 11.8 Å². The van der Waals surface area contributed by atoms with Crippen LogP contribution in [-0.4, -0.2) is 36.2 Å². The molecule has 1 saturated heterocycles. The van der Waals surface area contributed by atoms with Crippen LogP contribution < -0.4 is 5.32 Å². The van der Waals surface area contributed by atoms with E-state index >= 15 is 0 Å². The van der Waals surface area contributed by atoms with E-state index in [1.54, 1.807) is 0 Å². The predicted molar refractivity (Wildman–Crippen MR) is 79.3 cm³/mol. The van der Waals surface area contributed by atoms with Crippen molar-refractivity contribution in [1.29, 1.82) is 0 Å². The molecule has 3 nitrogen and oxygen atoms in total. The summed E-state index contributed by atoms with van der Waals surface area (Å²) in [5.74, 6) is 1.46. The van der Waals surface area contributed by atoms with Crippen molar-refractivity contribution < 1.29 is 4.74 Å². The number of nitrogens with zero attached hydrogens (tertiary/aromatic N) is 1. The Labute approximate surface area is 115 Å². The van der Waals surface area contributed by atoms with Crippen molar-refractivity contribution in [2.45, 2.75) is 51.3 Å². The molecule has 3 atom stereocenters. The zero-order chi connectivity index (χ0) is 13.0. The fourth-order valence-corrected chi connectivity index (χ4v) is 4.21. The SMILES string of the molecule is CCC(CC)C1CN=C(NC(C)C2CCOC2)S1. The molecule has 0 bridgehead atoms. The summed E-state index contributed by atoms with van der Waals surface area (Å²) in [6.45, 7) is 9.66. The van der Waals surface area contributed by atoms with Crippen LogP contribution in [0.15, 0.2) is 4.99 Å². The fraction of sp³-hybridized carbons (Fsp3) is 0.929. The highest BCUT2D eigenvalue weighted by atomic mass is 32.2. The molecule has 0 aromatic carbocycles. The number of hydrogen-bond acceptors (Lipinski definition) is 4. The predicted octanol–water partition coefficient (Wildman–Crippen LogP) is 2.91. The molecule has 1 N–H and O–H groups in total. The highest BCUT2D eigenvalue weighted by Gasteiger charge is 2.28. The third-order valence-electron chi connectivity index (χ3n) is 4.28. The Kier molecular flexibility index (Phi) is 5.37. The lowest BCUT2D eigenvalue weighted by atomic mass is 9.99. The number of thioether (sulfide) groups is 1. The molecule has 2 aliphatic rings. The Morgan fingerprint density at radius 3 is 2.83 bits per heavy atom. The Morgan fingerprint density at radius 1 is 1.44 bits per heavy atom. The van der Waals surface area contributed by atoms with Gasteiger partial charge in [0.2, 0.25) is 0 Å². The summed E-state index contributed by atoms with van der Waals surface area (Å²) in [5.41, 5.74) is 0. The minimum Gasteiger partial charge on any atom is -0.381 e. The monoisotopic (exact) mass is 270 g/mol. The first-order chi connectivity index (χ1) is 8.74. The summed E-state index contributed by atoms with van der Waals surface area (Å²) in [5, 5.41) is 5.43. The molecule has 0 aromatic heterocycles. The first-order valence-electron chi connectivity index (χ1n) is 7.30. The lowest BCUT2D eigenvalue weighted by molar-refractivity contribution is 0.180. The lowest BCUT2D eigenvalue weighted by Gasteiger charge is -2.22. The van der Waals surface area contributed by atoms with Gasteiger partial charge in [0.15, 0.2) is 5.17 Å². The molecular weight excluding hydrogens is 244 g/mol. The van der Waals surface area contributed by atoms with Crippen molar-refractivity contribution in [3.05, 3.63) is 0 Å². The summed E-state index contributed by atoms with van der Waals surface area (Å²) in [6.07, 6.45) is 3.72. The van der Waals surface area contributed by atoms with Gasteiger partial charge in [0.05, 0.1) is 13.2 Å². The third kappa shape index (κ3) is 3.41. The molecule has 2 rings (SSSR count). The Hall–Kier alpha value is -0.220. The lowest BCUT2D eigenvalue weighted by Crippen LogP contribution is -2.36. The van der Waals surface area contributed by atoms with E-state index in [1.165, 1.54) is 19.3 Å². The van der Waals surface area contributed by atoms with Gasteiger partial charge in [-0.3, -0.25) is 4.99 Å². The molecule has 0 aromatic rings. The molecule has 0 radical (unpaired) electrons. The number of hydrogen-bond donors (Lipinski definition) is 1. The Morgan fingerprint density at radius 2 is 2.22 bits per heavy atom. The van der Waals surface area contributed by atoms with E-state index < -0.39 is 0 Å². The topological polar surface area (TPSA) is 33.6 Å². The van der Waals surface area contributed by atoms with Crippen LogP contribution in [0.25, 0.3) is 0 Å². The van der Waals surface area contributed by atoms with Crippen molar-refractivity contribution in [3.8, 4) is 0 Å². The van der Waals surface area contributed by atoms with Crippen molar-refractivity contribution in [2.24, 2.45) is 16.8 Å².